The number of hydrogen-bond acceptors (Lipinski definition) is 5. The number of benzene rings is 3. The van der Waals surface area contributed by atoms with E-state index in [0.29, 0.717) is 16.7 Å². The normalized spacial score (nSPS) is 16.7. The van der Waals surface area contributed by atoms with Crippen molar-refractivity contribution >= 4 is 17.7 Å². The van der Waals surface area contributed by atoms with Crippen LogP contribution in [0.2, 0.25) is 0 Å². The van der Waals surface area contributed by atoms with Crippen LogP contribution in [0.4, 0.5) is 5.69 Å². The Morgan fingerprint density at radius 1 is 1.09 bits per heavy atom. The molecule has 3 aromatic rings. The van der Waals surface area contributed by atoms with Crippen molar-refractivity contribution < 1.29 is 14.5 Å². The van der Waals surface area contributed by atoms with Crippen LogP contribution in [0.5, 0.6) is 5.75 Å². The lowest BCUT2D eigenvalue weighted by Gasteiger charge is -2.40. The van der Waals surface area contributed by atoms with Crippen LogP contribution in [-0.4, -0.2) is 22.8 Å². The predicted molar refractivity (Wildman–Crippen MR) is 119 cm³/mol. The lowest BCUT2D eigenvalue weighted by atomic mass is 9.78. The molecule has 0 aliphatic carbocycles. The molecule has 0 saturated carbocycles. The standard InChI is InChI=1S/C25H19N3O4/c1-32-22-13-7-11-20(23(22)28(30)31)16-25(17-26)21-12-6-5-8-18(21)14-15-27(25)24(29)19-9-3-2-4-10-19/h2-15H,16H2,1H3. The van der Waals surface area contributed by atoms with Crippen LogP contribution in [0.25, 0.3) is 6.08 Å². The molecule has 1 aliphatic rings. The SMILES string of the molecule is COc1cccc(CC2(C#N)c3ccccc3C=CN2C(=O)c2ccccc2)c1[N+](=O)[O-]. The average Bonchev–Trinajstić information content (AvgIpc) is 2.83. The van der Waals surface area contributed by atoms with Gasteiger partial charge < -0.3 is 4.74 Å². The fourth-order valence-electron chi connectivity index (χ4n) is 4.08. The minimum Gasteiger partial charge on any atom is -0.490 e. The van der Waals surface area contributed by atoms with Gasteiger partial charge in [0.2, 0.25) is 0 Å². The molecule has 3 aromatic carbocycles. The lowest BCUT2D eigenvalue weighted by Crippen LogP contribution is -2.49. The van der Waals surface area contributed by atoms with Crippen molar-refractivity contribution in [1.29, 1.82) is 5.26 Å². The Morgan fingerprint density at radius 2 is 1.81 bits per heavy atom. The number of hydrogen-bond donors (Lipinski definition) is 0. The van der Waals surface area contributed by atoms with Gasteiger partial charge in [0.15, 0.2) is 11.3 Å². The maximum atomic E-state index is 13.5. The first kappa shape index (κ1) is 20.8. The zero-order chi connectivity index (χ0) is 22.7. The monoisotopic (exact) mass is 425 g/mol. The Balaban J connectivity index is 1.92. The third kappa shape index (κ3) is 3.38. The van der Waals surface area contributed by atoms with E-state index < -0.39 is 10.5 Å². The van der Waals surface area contributed by atoms with Crippen LogP contribution in [0.3, 0.4) is 0 Å². The number of carbonyl (C=O) groups is 1. The van der Waals surface area contributed by atoms with Crippen LogP contribution in [0.15, 0.2) is 79.0 Å². The molecule has 7 heteroatoms. The van der Waals surface area contributed by atoms with E-state index in [0.717, 1.165) is 5.56 Å². The molecule has 1 aliphatic heterocycles. The van der Waals surface area contributed by atoms with Crippen LogP contribution in [0.1, 0.15) is 27.0 Å². The van der Waals surface area contributed by atoms with Crippen LogP contribution in [-0.2, 0) is 12.0 Å². The number of para-hydroxylation sites is 1. The van der Waals surface area contributed by atoms with Gasteiger partial charge in [-0.1, -0.05) is 54.6 Å². The van der Waals surface area contributed by atoms with Crippen molar-refractivity contribution in [2.45, 2.75) is 12.0 Å². The van der Waals surface area contributed by atoms with E-state index >= 15 is 0 Å². The summed E-state index contributed by atoms with van der Waals surface area (Å²) >= 11 is 0. The van der Waals surface area contributed by atoms with Crippen molar-refractivity contribution in [2.24, 2.45) is 0 Å². The van der Waals surface area contributed by atoms with Gasteiger partial charge in [0, 0.05) is 23.7 Å². The molecule has 1 amide bonds. The smallest absolute Gasteiger partial charge is 0.314 e. The first-order chi connectivity index (χ1) is 15.5. The highest BCUT2D eigenvalue weighted by atomic mass is 16.6. The molecule has 0 bridgehead atoms. The van der Waals surface area contributed by atoms with Gasteiger partial charge in [-0.3, -0.25) is 19.8 Å². The summed E-state index contributed by atoms with van der Waals surface area (Å²) in [6.45, 7) is 0. The number of amides is 1. The number of nitro groups is 1. The summed E-state index contributed by atoms with van der Waals surface area (Å²) in [5, 5.41) is 22.4. The third-order valence-electron chi connectivity index (χ3n) is 5.58. The highest BCUT2D eigenvalue weighted by molar-refractivity contribution is 5.97. The van der Waals surface area contributed by atoms with Gasteiger partial charge in [-0.05, 0) is 35.4 Å². The van der Waals surface area contributed by atoms with E-state index in [9.17, 15) is 20.2 Å². The highest BCUT2D eigenvalue weighted by Crippen LogP contribution is 2.42. The fourth-order valence-corrected chi connectivity index (χ4v) is 4.08. The Hall–Kier alpha value is -4.44. The molecule has 0 saturated heterocycles. The number of nitriles is 1. The molecule has 1 heterocycles. The Bertz CT molecular complexity index is 1260. The molecule has 0 radical (unpaired) electrons. The molecular weight excluding hydrogens is 406 g/mol. The highest BCUT2D eigenvalue weighted by Gasteiger charge is 2.46. The summed E-state index contributed by atoms with van der Waals surface area (Å²) in [6.07, 6.45) is 3.26. The largest absolute Gasteiger partial charge is 0.490 e. The second-order valence-corrected chi connectivity index (χ2v) is 7.32. The minimum atomic E-state index is -1.49. The molecule has 7 nitrogen and oxygen atoms in total. The van der Waals surface area contributed by atoms with E-state index in [1.54, 1.807) is 66.9 Å². The Labute approximate surface area is 184 Å². The third-order valence-corrected chi connectivity index (χ3v) is 5.58. The number of nitro benzene ring substituents is 1. The van der Waals surface area contributed by atoms with E-state index in [1.165, 1.54) is 18.1 Å². The van der Waals surface area contributed by atoms with Crippen molar-refractivity contribution in [3.8, 4) is 11.8 Å². The molecule has 32 heavy (non-hydrogen) atoms. The first-order valence-electron chi connectivity index (χ1n) is 9.90. The topological polar surface area (TPSA) is 96.5 Å². The van der Waals surface area contributed by atoms with Crippen molar-refractivity contribution in [2.75, 3.05) is 7.11 Å². The summed E-state index contributed by atoms with van der Waals surface area (Å²) in [5.41, 5.74) is 0.380. The number of rotatable bonds is 5. The van der Waals surface area contributed by atoms with Crippen molar-refractivity contribution in [3.05, 3.63) is 111 Å². The molecule has 0 aromatic heterocycles. The van der Waals surface area contributed by atoms with Crippen molar-refractivity contribution in [3.63, 3.8) is 0 Å². The molecule has 1 unspecified atom stereocenters. The van der Waals surface area contributed by atoms with Crippen LogP contribution in [0, 0.1) is 21.4 Å². The number of methoxy groups -OCH3 is 1. The van der Waals surface area contributed by atoms with Gasteiger partial charge in [0.05, 0.1) is 18.1 Å². The molecule has 0 N–H and O–H groups in total. The summed E-state index contributed by atoms with van der Waals surface area (Å²) in [5.74, 6) is -0.274. The number of ether oxygens (including phenoxy) is 1. The number of fused-ring (bicyclic) bond motifs is 1. The van der Waals surface area contributed by atoms with E-state index in [4.69, 9.17) is 4.74 Å². The molecule has 158 valence electrons. The van der Waals surface area contributed by atoms with Gasteiger partial charge in [-0.15, -0.1) is 0 Å². The van der Waals surface area contributed by atoms with Crippen LogP contribution < -0.4 is 4.74 Å². The zero-order valence-electron chi connectivity index (χ0n) is 17.3. The van der Waals surface area contributed by atoms with Crippen molar-refractivity contribution in [1.82, 2.24) is 4.90 Å². The van der Waals surface area contributed by atoms with E-state index in [1.807, 2.05) is 12.1 Å². The van der Waals surface area contributed by atoms with Gasteiger partial charge >= 0.3 is 5.69 Å². The summed E-state index contributed by atoms with van der Waals surface area (Å²) < 4.78 is 5.20. The predicted octanol–water partition coefficient (Wildman–Crippen LogP) is 4.69. The Morgan fingerprint density at radius 3 is 2.50 bits per heavy atom. The van der Waals surface area contributed by atoms with Crippen LogP contribution >= 0.6 is 0 Å². The van der Waals surface area contributed by atoms with Gasteiger partial charge in [0.25, 0.3) is 5.91 Å². The minimum absolute atomic E-state index is 0.0864. The van der Waals surface area contributed by atoms with Gasteiger partial charge in [-0.25, -0.2) is 0 Å². The van der Waals surface area contributed by atoms with E-state index in [-0.39, 0.29) is 23.8 Å². The molecular formula is C25H19N3O4. The average molecular weight is 425 g/mol. The molecule has 1 atom stereocenters. The Kier molecular flexibility index (Phi) is 5.44. The molecule has 0 fully saturated rings. The summed E-state index contributed by atoms with van der Waals surface area (Å²) in [7, 11) is 1.36. The molecule has 4 rings (SSSR count). The van der Waals surface area contributed by atoms with Gasteiger partial charge in [-0.2, -0.15) is 5.26 Å². The summed E-state index contributed by atoms with van der Waals surface area (Å²) in [6, 6.07) is 22.9. The van der Waals surface area contributed by atoms with E-state index in [2.05, 4.69) is 6.07 Å². The maximum Gasteiger partial charge on any atom is 0.314 e. The quantitative estimate of drug-likeness (QED) is 0.436. The maximum absolute atomic E-state index is 13.5. The summed E-state index contributed by atoms with van der Waals surface area (Å²) in [4.78, 5) is 26.2. The first-order valence-corrected chi connectivity index (χ1v) is 9.90. The fraction of sp³-hybridized carbons (Fsp3) is 0.120. The zero-order valence-corrected chi connectivity index (χ0v) is 17.3. The number of nitrogens with zero attached hydrogens (tertiary/aromatic N) is 3. The number of carbonyl (C=O) groups excluding carboxylic acids is 1. The lowest BCUT2D eigenvalue weighted by molar-refractivity contribution is -0.386. The van der Waals surface area contributed by atoms with Gasteiger partial charge in [0.1, 0.15) is 0 Å². The molecule has 0 spiro atoms. The second-order valence-electron chi connectivity index (χ2n) is 7.32. The second kappa shape index (κ2) is 8.36.